The van der Waals surface area contributed by atoms with Gasteiger partial charge in [0.15, 0.2) is 0 Å². The Labute approximate surface area is 214 Å². The lowest BCUT2D eigenvalue weighted by molar-refractivity contribution is 0.0985. The summed E-state index contributed by atoms with van der Waals surface area (Å²) >= 11 is 0. The maximum atomic E-state index is 13.9. The third-order valence-corrected chi connectivity index (χ3v) is 8.18. The van der Waals surface area contributed by atoms with Crippen LogP contribution in [-0.4, -0.2) is 48.1 Å². The number of fused-ring (bicyclic) bond motifs is 3. The van der Waals surface area contributed by atoms with Gasteiger partial charge >= 0.3 is 6.03 Å². The lowest BCUT2D eigenvalue weighted by Gasteiger charge is -2.49. The zero-order valence-corrected chi connectivity index (χ0v) is 20.9. The highest BCUT2D eigenvalue weighted by Crippen LogP contribution is 2.42. The van der Waals surface area contributed by atoms with Crippen molar-refractivity contribution in [3.05, 3.63) is 81.4 Å². The maximum Gasteiger partial charge on any atom is 0.315 e. The fourth-order valence-corrected chi connectivity index (χ4v) is 6.30. The van der Waals surface area contributed by atoms with Crippen molar-refractivity contribution in [1.82, 2.24) is 15.6 Å². The molecule has 2 saturated heterocycles. The highest BCUT2D eigenvalue weighted by molar-refractivity contribution is 6.08. The Morgan fingerprint density at radius 3 is 2.68 bits per heavy atom. The fraction of sp³-hybridized carbons (Fsp3) is 0.393. The van der Waals surface area contributed by atoms with Gasteiger partial charge in [-0.15, -0.1) is 0 Å². The zero-order chi connectivity index (χ0) is 25.9. The van der Waals surface area contributed by atoms with Crippen LogP contribution in [-0.2, 0) is 5.41 Å². The summed E-state index contributed by atoms with van der Waals surface area (Å²) in [6, 6.07) is 7.37. The Morgan fingerprint density at radius 1 is 1.11 bits per heavy atom. The molecule has 0 radical (unpaired) electrons. The molecule has 8 nitrogen and oxygen atoms in total. The highest BCUT2D eigenvalue weighted by atomic mass is 19.1. The Morgan fingerprint density at radius 2 is 1.89 bits per heavy atom. The van der Waals surface area contributed by atoms with E-state index in [1.807, 2.05) is 19.9 Å². The third-order valence-electron chi connectivity index (χ3n) is 8.18. The summed E-state index contributed by atoms with van der Waals surface area (Å²) in [6.07, 6.45) is 8.36. The lowest BCUT2D eigenvalue weighted by Crippen LogP contribution is -2.67. The summed E-state index contributed by atoms with van der Waals surface area (Å²) in [5.41, 5.74) is 1.77. The monoisotopic (exact) mass is 503 g/mol. The van der Waals surface area contributed by atoms with Gasteiger partial charge in [0.25, 0.3) is 5.91 Å². The van der Waals surface area contributed by atoms with Crippen LogP contribution in [0.15, 0.2) is 58.9 Å². The summed E-state index contributed by atoms with van der Waals surface area (Å²) < 4.78 is 13.9. The highest BCUT2D eigenvalue weighted by Gasteiger charge is 2.46. The van der Waals surface area contributed by atoms with E-state index in [2.05, 4.69) is 32.7 Å². The molecule has 37 heavy (non-hydrogen) atoms. The Bertz CT molecular complexity index is 1420. The lowest BCUT2D eigenvalue weighted by atomic mass is 9.74. The second-order valence-electron chi connectivity index (χ2n) is 11.1. The molecule has 1 aromatic carbocycles. The van der Waals surface area contributed by atoms with Gasteiger partial charge in [0.1, 0.15) is 11.6 Å². The second kappa shape index (κ2) is 8.33. The summed E-state index contributed by atoms with van der Waals surface area (Å²) in [7, 11) is 0. The largest absolute Gasteiger partial charge is 0.358 e. The summed E-state index contributed by atoms with van der Waals surface area (Å²) in [4.78, 5) is 45.2. The van der Waals surface area contributed by atoms with Crippen LogP contribution in [0.2, 0.25) is 0 Å². The van der Waals surface area contributed by atoms with E-state index >= 15 is 0 Å². The number of aromatic nitrogens is 1. The van der Waals surface area contributed by atoms with Crippen molar-refractivity contribution in [2.75, 3.05) is 29.4 Å². The maximum absolute atomic E-state index is 13.9. The standard InChI is InChI=1S/C28H30FN5O3/c1-27(2)16-34(22-8-7-18(29)15-20(22)27)25(36)17-13-23(31-24(35)14-17)33-11-9-28(10-12-33)19-5-3-4-6-21(19)30-26(37)32-28/h3-5,7-8,13-15,21H,6,9-12,16H2,1-2H3,(H,31,35)(H2,30,32,37). The number of rotatable bonds is 2. The van der Waals surface area contributed by atoms with E-state index in [1.165, 1.54) is 23.8 Å². The summed E-state index contributed by atoms with van der Waals surface area (Å²) in [5, 5.41) is 6.17. The van der Waals surface area contributed by atoms with Crippen LogP contribution in [0.1, 0.15) is 49.0 Å². The number of nitrogens with zero attached hydrogens (tertiary/aromatic N) is 2. The molecule has 9 heteroatoms. The van der Waals surface area contributed by atoms with E-state index in [0.29, 0.717) is 49.5 Å². The van der Waals surface area contributed by atoms with Crippen molar-refractivity contribution in [3.63, 3.8) is 0 Å². The molecule has 3 N–H and O–H groups in total. The van der Waals surface area contributed by atoms with Crippen molar-refractivity contribution in [2.45, 2.75) is 50.1 Å². The van der Waals surface area contributed by atoms with E-state index in [9.17, 15) is 18.8 Å². The average molecular weight is 504 g/mol. The Balaban J connectivity index is 1.25. The molecule has 1 aliphatic carbocycles. The number of urea groups is 1. The number of carbonyl (C=O) groups excluding carboxylic acids is 2. The van der Waals surface area contributed by atoms with Crippen LogP contribution >= 0.6 is 0 Å². The summed E-state index contributed by atoms with van der Waals surface area (Å²) in [6.45, 7) is 5.58. The van der Waals surface area contributed by atoms with Crippen LogP contribution in [0.3, 0.4) is 0 Å². The smallest absolute Gasteiger partial charge is 0.315 e. The number of pyridine rings is 1. The number of piperidine rings is 1. The van der Waals surface area contributed by atoms with Gasteiger partial charge in [-0.25, -0.2) is 9.18 Å². The average Bonchev–Trinajstić information content (AvgIpc) is 3.13. The van der Waals surface area contributed by atoms with E-state index < -0.39 is 11.0 Å². The van der Waals surface area contributed by atoms with Crippen LogP contribution < -0.4 is 26.0 Å². The molecule has 1 aromatic heterocycles. The van der Waals surface area contributed by atoms with Gasteiger partial charge in [-0.05, 0) is 54.7 Å². The molecule has 192 valence electrons. The number of benzene rings is 1. The molecule has 1 spiro atoms. The van der Waals surface area contributed by atoms with Crippen LogP contribution in [0, 0.1) is 5.82 Å². The zero-order valence-electron chi connectivity index (χ0n) is 20.9. The predicted octanol–water partition coefficient (Wildman–Crippen LogP) is 3.36. The van der Waals surface area contributed by atoms with Crippen molar-refractivity contribution in [1.29, 1.82) is 0 Å². The number of nitrogens with one attached hydrogen (secondary N) is 3. The molecule has 6 rings (SSSR count). The molecule has 4 heterocycles. The Kier molecular flexibility index (Phi) is 5.29. The van der Waals surface area contributed by atoms with E-state index in [0.717, 1.165) is 12.0 Å². The van der Waals surface area contributed by atoms with Crippen LogP contribution in [0.5, 0.6) is 0 Å². The number of aromatic amines is 1. The first-order valence-corrected chi connectivity index (χ1v) is 12.7. The molecule has 3 aliphatic heterocycles. The Hall–Kier alpha value is -3.88. The second-order valence-corrected chi connectivity index (χ2v) is 11.1. The van der Waals surface area contributed by atoms with Gasteiger partial charge in [-0.3, -0.25) is 9.59 Å². The summed E-state index contributed by atoms with van der Waals surface area (Å²) in [5.74, 6) is -0.0385. The molecule has 2 fully saturated rings. The number of halogens is 1. The van der Waals surface area contributed by atoms with Gasteiger partial charge in [0.05, 0.1) is 11.6 Å². The molecular formula is C28H30FN5O3. The first-order chi connectivity index (χ1) is 17.6. The van der Waals surface area contributed by atoms with Gasteiger partial charge < -0.3 is 25.4 Å². The van der Waals surface area contributed by atoms with E-state index in [4.69, 9.17) is 0 Å². The number of carbonyl (C=O) groups is 2. The van der Waals surface area contributed by atoms with Crippen molar-refractivity contribution in [3.8, 4) is 0 Å². The van der Waals surface area contributed by atoms with Crippen LogP contribution in [0.4, 0.5) is 20.7 Å². The molecule has 0 saturated carbocycles. The normalized spacial score (nSPS) is 23.2. The van der Waals surface area contributed by atoms with Gasteiger partial charge in [-0.1, -0.05) is 32.1 Å². The first-order valence-electron chi connectivity index (χ1n) is 12.7. The molecule has 0 bridgehead atoms. The van der Waals surface area contributed by atoms with Crippen molar-refractivity contribution in [2.24, 2.45) is 0 Å². The number of H-pyrrole nitrogens is 1. The van der Waals surface area contributed by atoms with Crippen LogP contribution in [0.25, 0.3) is 0 Å². The molecule has 1 atom stereocenters. The SMILES string of the molecule is CC1(C)CN(C(=O)c2cc(N3CCC4(CC3)NC(=O)NC3CC=CC=C34)[nH]c(=O)c2)c2ccc(F)cc21. The molecule has 3 amide bonds. The fourth-order valence-electron chi connectivity index (χ4n) is 6.30. The van der Waals surface area contributed by atoms with Crippen molar-refractivity contribution < 1.29 is 14.0 Å². The minimum absolute atomic E-state index is 0.00659. The van der Waals surface area contributed by atoms with Crippen molar-refractivity contribution >= 4 is 23.4 Å². The quantitative estimate of drug-likeness (QED) is 0.586. The van der Waals surface area contributed by atoms with Gasteiger partial charge in [0.2, 0.25) is 5.56 Å². The number of hydrogen-bond acceptors (Lipinski definition) is 4. The van der Waals surface area contributed by atoms with E-state index in [1.54, 1.807) is 17.0 Å². The minimum Gasteiger partial charge on any atom is -0.358 e. The number of allylic oxidation sites excluding steroid dienone is 2. The third kappa shape index (κ3) is 3.93. The number of anilines is 2. The molecule has 4 aliphatic rings. The molecule has 1 unspecified atom stereocenters. The molecular weight excluding hydrogens is 473 g/mol. The van der Waals surface area contributed by atoms with E-state index in [-0.39, 0.29) is 29.4 Å². The first kappa shape index (κ1) is 23.5. The topological polar surface area (TPSA) is 97.5 Å². The number of hydrogen-bond donors (Lipinski definition) is 3. The molecule has 2 aromatic rings. The van der Waals surface area contributed by atoms with Gasteiger partial charge in [0, 0.05) is 42.4 Å². The van der Waals surface area contributed by atoms with Gasteiger partial charge in [-0.2, -0.15) is 0 Å². The minimum atomic E-state index is -0.415. The predicted molar refractivity (Wildman–Crippen MR) is 140 cm³/mol. The number of amides is 3.